The van der Waals surface area contributed by atoms with Crippen molar-refractivity contribution in [3.05, 3.63) is 12.2 Å². The summed E-state index contributed by atoms with van der Waals surface area (Å²) in [5, 5.41) is 8.04. The molecule has 0 saturated carbocycles. The first-order valence-corrected chi connectivity index (χ1v) is 2.44. The molecule has 0 heterocycles. The molecule has 0 spiro atoms. The second-order valence-corrected chi connectivity index (χ2v) is 1.86. The van der Waals surface area contributed by atoms with Crippen LogP contribution in [0.3, 0.4) is 0 Å². The minimum atomic E-state index is -1.39. The number of allylic oxidation sites excluding steroid dienone is 1. The Labute approximate surface area is 53.0 Å². The molecule has 1 N–H and O–H groups in total. The molecule has 0 saturated heterocycles. The first-order chi connectivity index (χ1) is 4.04. The third-order valence-corrected chi connectivity index (χ3v) is 0.701. The Balaban J connectivity index is 3.79. The van der Waals surface area contributed by atoms with Gasteiger partial charge in [-0.15, -0.1) is 0 Å². The Morgan fingerprint density at radius 3 is 2.11 bits per heavy atom. The Bertz CT molecular complexity index is 158. The Morgan fingerprint density at radius 1 is 1.56 bits per heavy atom. The SMILES string of the molecule is C=C(C)CC(=O)[13C](=O)O. The summed E-state index contributed by atoms with van der Waals surface area (Å²) in [5.41, 5.74) is 0.572. The molecule has 0 atom stereocenters. The van der Waals surface area contributed by atoms with E-state index in [4.69, 9.17) is 5.11 Å². The van der Waals surface area contributed by atoms with Gasteiger partial charge in [-0.1, -0.05) is 12.2 Å². The summed E-state index contributed by atoms with van der Waals surface area (Å²) >= 11 is 0. The molecule has 0 aliphatic carbocycles. The molecule has 0 aliphatic heterocycles. The Kier molecular flexibility index (Phi) is 2.64. The average Bonchev–Trinajstić information content (AvgIpc) is 1.63. The van der Waals surface area contributed by atoms with Gasteiger partial charge in [-0.3, -0.25) is 4.79 Å². The summed E-state index contributed by atoms with van der Waals surface area (Å²) in [6, 6.07) is 0. The van der Waals surface area contributed by atoms with Crippen molar-refractivity contribution in [1.29, 1.82) is 0 Å². The number of carbonyl (C=O) groups excluding carboxylic acids is 1. The molecule has 0 aromatic heterocycles. The fourth-order valence-corrected chi connectivity index (χ4v) is 0.350. The molecular weight excluding hydrogens is 121 g/mol. The van der Waals surface area contributed by atoms with Gasteiger partial charge in [-0.25, -0.2) is 4.79 Å². The minimum absolute atomic E-state index is 0.0602. The highest BCUT2D eigenvalue weighted by Crippen LogP contribution is 1.95. The van der Waals surface area contributed by atoms with Gasteiger partial charge in [0.15, 0.2) is 0 Å². The molecule has 9 heavy (non-hydrogen) atoms. The van der Waals surface area contributed by atoms with Crippen molar-refractivity contribution >= 4 is 11.8 Å². The number of Topliss-reactive ketones (excluding diaryl/α,β-unsaturated/α-hetero) is 1. The van der Waals surface area contributed by atoms with E-state index in [9.17, 15) is 9.59 Å². The predicted molar refractivity (Wildman–Crippen MR) is 32.1 cm³/mol. The van der Waals surface area contributed by atoms with Crippen LogP contribution >= 0.6 is 0 Å². The van der Waals surface area contributed by atoms with E-state index in [0.717, 1.165) is 0 Å². The lowest BCUT2D eigenvalue weighted by molar-refractivity contribution is -0.148. The van der Waals surface area contributed by atoms with Crippen molar-refractivity contribution in [3.8, 4) is 0 Å². The van der Waals surface area contributed by atoms with Gasteiger partial charge in [0.2, 0.25) is 5.78 Å². The summed E-state index contributed by atoms with van der Waals surface area (Å²) in [6.45, 7) is 5.01. The number of carbonyl (C=O) groups is 2. The zero-order valence-corrected chi connectivity index (χ0v) is 5.18. The quantitative estimate of drug-likeness (QED) is 0.345. The van der Waals surface area contributed by atoms with Crippen LogP contribution in [0.5, 0.6) is 0 Å². The smallest absolute Gasteiger partial charge is 0.372 e. The summed E-state index contributed by atoms with van der Waals surface area (Å²) in [4.78, 5) is 20.1. The topological polar surface area (TPSA) is 54.4 Å². The molecule has 0 aliphatic rings. The van der Waals surface area contributed by atoms with Crippen LogP contribution in [0.2, 0.25) is 0 Å². The highest BCUT2D eigenvalue weighted by atomic mass is 16.5. The van der Waals surface area contributed by atoms with Crippen LogP contribution in [-0.4, -0.2) is 16.9 Å². The molecule has 0 radical (unpaired) electrons. The highest BCUT2D eigenvalue weighted by molar-refractivity contribution is 6.33. The van der Waals surface area contributed by atoms with E-state index in [-0.39, 0.29) is 6.42 Å². The van der Waals surface area contributed by atoms with Gasteiger partial charge in [0.1, 0.15) is 0 Å². The fourth-order valence-electron chi connectivity index (χ4n) is 0.350. The van der Waals surface area contributed by atoms with Gasteiger partial charge in [-0.05, 0) is 6.92 Å². The number of carboxylic acid groups (broad SMARTS) is 1. The number of hydrogen-bond donors (Lipinski definition) is 1. The van der Waals surface area contributed by atoms with Crippen molar-refractivity contribution < 1.29 is 14.7 Å². The Hall–Kier alpha value is -1.12. The van der Waals surface area contributed by atoms with Gasteiger partial charge in [0, 0.05) is 6.42 Å². The molecule has 0 bridgehead atoms. The monoisotopic (exact) mass is 129 g/mol. The summed E-state index contributed by atoms with van der Waals surface area (Å²) in [5.74, 6) is -2.19. The molecule has 50 valence electrons. The first-order valence-electron chi connectivity index (χ1n) is 2.44. The van der Waals surface area contributed by atoms with Crippen LogP contribution in [0.15, 0.2) is 12.2 Å². The molecule has 0 aromatic carbocycles. The molecule has 3 heteroatoms. The predicted octanol–water partition coefficient (Wildman–Crippen LogP) is 0.606. The molecule has 3 nitrogen and oxygen atoms in total. The fraction of sp³-hybridized carbons (Fsp3) is 0.333. The molecule has 0 aromatic rings. The van der Waals surface area contributed by atoms with E-state index < -0.39 is 11.8 Å². The average molecular weight is 129 g/mol. The maximum atomic E-state index is 10.3. The van der Waals surface area contributed by atoms with Gasteiger partial charge >= 0.3 is 5.97 Å². The number of aliphatic carboxylic acids is 1. The minimum Gasteiger partial charge on any atom is -0.475 e. The molecule has 0 amide bonds. The lowest BCUT2D eigenvalue weighted by atomic mass is 10.2. The summed E-state index contributed by atoms with van der Waals surface area (Å²) in [7, 11) is 0. The van der Waals surface area contributed by atoms with Crippen LogP contribution in [0.1, 0.15) is 13.3 Å². The van der Waals surface area contributed by atoms with E-state index in [1.165, 1.54) is 0 Å². The second kappa shape index (κ2) is 3.02. The summed E-state index contributed by atoms with van der Waals surface area (Å²) < 4.78 is 0. The van der Waals surface area contributed by atoms with E-state index in [0.29, 0.717) is 5.57 Å². The molecule has 0 fully saturated rings. The number of hydrogen-bond acceptors (Lipinski definition) is 2. The first kappa shape index (κ1) is 7.88. The third kappa shape index (κ3) is 3.46. The maximum Gasteiger partial charge on any atom is 0.372 e. The van der Waals surface area contributed by atoms with Gasteiger partial charge in [-0.2, -0.15) is 0 Å². The molecule has 0 unspecified atom stereocenters. The van der Waals surface area contributed by atoms with Crippen LogP contribution in [0, 0.1) is 0 Å². The van der Waals surface area contributed by atoms with Crippen LogP contribution in [-0.2, 0) is 9.59 Å². The standard InChI is InChI=1S/C6H8O3/c1-4(2)3-5(7)6(8)9/h1,3H2,2H3,(H,8,9)/i6+1. The van der Waals surface area contributed by atoms with Gasteiger partial charge in [0.05, 0.1) is 0 Å². The zero-order chi connectivity index (χ0) is 7.44. The maximum absolute atomic E-state index is 10.3. The lowest BCUT2D eigenvalue weighted by Crippen LogP contribution is -2.11. The zero-order valence-electron chi connectivity index (χ0n) is 5.18. The largest absolute Gasteiger partial charge is 0.475 e. The second-order valence-electron chi connectivity index (χ2n) is 1.86. The Morgan fingerprint density at radius 2 is 2.00 bits per heavy atom. The van der Waals surface area contributed by atoms with Gasteiger partial charge in [0.25, 0.3) is 0 Å². The highest BCUT2D eigenvalue weighted by Gasteiger charge is 2.09. The third-order valence-electron chi connectivity index (χ3n) is 0.701. The number of ketones is 1. The van der Waals surface area contributed by atoms with Crippen molar-refractivity contribution in [1.82, 2.24) is 0 Å². The summed E-state index contributed by atoms with van der Waals surface area (Å²) in [6.07, 6.45) is -0.0602. The lowest BCUT2D eigenvalue weighted by Gasteiger charge is -1.90. The van der Waals surface area contributed by atoms with Crippen molar-refractivity contribution in [2.75, 3.05) is 0 Å². The number of carboxylic acids is 1. The van der Waals surface area contributed by atoms with E-state index in [2.05, 4.69) is 6.58 Å². The van der Waals surface area contributed by atoms with Crippen molar-refractivity contribution in [3.63, 3.8) is 0 Å². The van der Waals surface area contributed by atoms with Crippen molar-refractivity contribution in [2.45, 2.75) is 13.3 Å². The van der Waals surface area contributed by atoms with Crippen LogP contribution < -0.4 is 0 Å². The van der Waals surface area contributed by atoms with Crippen molar-refractivity contribution in [2.24, 2.45) is 0 Å². The van der Waals surface area contributed by atoms with Crippen LogP contribution in [0.4, 0.5) is 0 Å². The van der Waals surface area contributed by atoms with E-state index in [1.807, 2.05) is 0 Å². The van der Waals surface area contributed by atoms with Gasteiger partial charge < -0.3 is 5.11 Å². The molecular formula is C6H8O3. The number of rotatable bonds is 3. The normalized spacial score (nSPS) is 8.56. The molecule has 0 rings (SSSR count). The van der Waals surface area contributed by atoms with E-state index in [1.54, 1.807) is 6.92 Å². The van der Waals surface area contributed by atoms with Crippen LogP contribution in [0.25, 0.3) is 0 Å². The van der Waals surface area contributed by atoms with E-state index >= 15 is 0 Å².